The maximum atomic E-state index is 12.9. The first kappa shape index (κ1) is 13.7. The molecule has 0 saturated heterocycles. The van der Waals surface area contributed by atoms with Crippen molar-refractivity contribution in [3.05, 3.63) is 51.7 Å². The minimum atomic E-state index is -0.881. The third kappa shape index (κ3) is 3.38. The van der Waals surface area contributed by atoms with E-state index in [0.29, 0.717) is 18.4 Å². The summed E-state index contributed by atoms with van der Waals surface area (Å²) in [4.78, 5) is 16.6. The van der Waals surface area contributed by atoms with Crippen LogP contribution in [0.2, 0.25) is 0 Å². The quantitative estimate of drug-likeness (QED) is 0.912. The summed E-state index contributed by atoms with van der Waals surface area (Å²) >= 11 is 1.54. The molecule has 1 N–H and O–H groups in total. The summed E-state index contributed by atoms with van der Waals surface area (Å²) in [5.74, 6) is -1.85. The first-order valence-electron chi connectivity index (χ1n) is 5.95. The molecule has 0 spiro atoms. The van der Waals surface area contributed by atoms with E-state index in [1.54, 1.807) is 5.51 Å². The molecule has 0 aliphatic heterocycles. The Balaban J connectivity index is 2.11. The molecule has 1 heterocycles. The van der Waals surface area contributed by atoms with Gasteiger partial charge in [0, 0.05) is 4.88 Å². The minimum absolute atomic E-state index is 0.355. The van der Waals surface area contributed by atoms with Gasteiger partial charge in [0.1, 0.15) is 5.82 Å². The first-order chi connectivity index (χ1) is 9.08. The number of benzene rings is 1. The average Bonchev–Trinajstić information content (AvgIpc) is 2.77. The van der Waals surface area contributed by atoms with E-state index >= 15 is 0 Å². The molecule has 1 atom stereocenters. The Labute approximate surface area is 114 Å². The molecule has 0 radical (unpaired) electrons. The number of carboxylic acids is 1. The molecule has 0 aliphatic rings. The molecule has 2 rings (SSSR count). The van der Waals surface area contributed by atoms with Gasteiger partial charge in [0.15, 0.2) is 0 Å². The van der Waals surface area contributed by atoms with Crippen LogP contribution < -0.4 is 0 Å². The molecule has 0 aliphatic carbocycles. The van der Waals surface area contributed by atoms with Crippen LogP contribution in [-0.4, -0.2) is 16.1 Å². The second kappa shape index (κ2) is 5.93. The van der Waals surface area contributed by atoms with Crippen LogP contribution in [0.1, 0.15) is 28.5 Å². The van der Waals surface area contributed by atoms with Gasteiger partial charge in [-0.2, -0.15) is 0 Å². The largest absolute Gasteiger partial charge is 0.481 e. The van der Waals surface area contributed by atoms with Crippen molar-refractivity contribution in [3.8, 4) is 0 Å². The predicted octanol–water partition coefficient (Wildman–Crippen LogP) is 3.39. The van der Waals surface area contributed by atoms with Crippen molar-refractivity contribution in [3.63, 3.8) is 0 Å². The molecule has 0 saturated carbocycles. The summed E-state index contributed by atoms with van der Waals surface area (Å²) < 4.78 is 12.9. The molecular weight excluding hydrogens is 265 g/mol. The van der Waals surface area contributed by atoms with E-state index in [1.165, 1.54) is 35.6 Å². The third-order valence-electron chi connectivity index (χ3n) is 3.08. The maximum absolute atomic E-state index is 12.9. The van der Waals surface area contributed by atoms with Crippen molar-refractivity contribution < 1.29 is 14.3 Å². The SMILES string of the molecule is Cc1ncsc1CCC(C(=O)O)c1ccc(F)cc1. The number of carboxylic acid groups (broad SMARTS) is 1. The highest BCUT2D eigenvalue weighted by atomic mass is 32.1. The molecule has 0 amide bonds. The molecule has 1 aromatic heterocycles. The maximum Gasteiger partial charge on any atom is 0.310 e. The van der Waals surface area contributed by atoms with Crippen LogP contribution in [0.3, 0.4) is 0 Å². The summed E-state index contributed by atoms with van der Waals surface area (Å²) in [6, 6.07) is 5.66. The lowest BCUT2D eigenvalue weighted by molar-refractivity contribution is -0.138. The van der Waals surface area contributed by atoms with Gasteiger partial charge in [0.2, 0.25) is 0 Å². The topological polar surface area (TPSA) is 50.2 Å². The van der Waals surface area contributed by atoms with Gasteiger partial charge in [0.25, 0.3) is 0 Å². The lowest BCUT2D eigenvalue weighted by atomic mass is 9.94. The summed E-state index contributed by atoms with van der Waals surface area (Å²) in [5, 5.41) is 9.29. The van der Waals surface area contributed by atoms with Gasteiger partial charge in [-0.25, -0.2) is 9.37 Å². The van der Waals surface area contributed by atoms with Gasteiger partial charge >= 0.3 is 5.97 Å². The highest BCUT2D eigenvalue weighted by Gasteiger charge is 2.20. The van der Waals surface area contributed by atoms with E-state index in [9.17, 15) is 14.3 Å². The summed E-state index contributed by atoms with van der Waals surface area (Å²) in [5.41, 5.74) is 3.35. The Morgan fingerprint density at radius 3 is 2.63 bits per heavy atom. The van der Waals surface area contributed by atoms with Gasteiger partial charge < -0.3 is 5.11 Å². The molecular formula is C14H14FNO2S. The first-order valence-corrected chi connectivity index (χ1v) is 6.83. The number of nitrogens with zero attached hydrogens (tertiary/aromatic N) is 1. The highest BCUT2D eigenvalue weighted by Crippen LogP contribution is 2.24. The monoisotopic (exact) mass is 279 g/mol. The molecule has 2 aromatic rings. The summed E-state index contributed by atoms with van der Waals surface area (Å²) in [7, 11) is 0. The number of thiazole rings is 1. The fraction of sp³-hybridized carbons (Fsp3) is 0.286. The van der Waals surface area contributed by atoms with E-state index in [2.05, 4.69) is 4.98 Å². The molecule has 1 unspecified atom stereocenters. The van der Waals surface area contributed by atoms with Crippen LogP contribution >= 0.6 is 11.3 Å². The summed E-state index contributed by atoms with van der Waals surface area (Å²) in [6.45, 7) is 1.92. The van der Waals surface area contributed by atoms with Gasteiger partial charge in [-0.05, 0) is 37.5 Å². The molecule has 5 heteroatoms. The smallest absolute Gasteiger partial charge is 0.310 e. The number of rotatable bonds is 5. The summed E-state index contributed by atoms with van der Waals surface area (Å²) in [6.07, 6.45) is 1.16. The molecule has 3 nitrogen and oxygen atoms in total. The Hall–Kier alpha value is -1.75. The van der Waals surface area contributed by atoms with E-state index in [1.807, 2.05) is 6.92 Å². The number of hydrogen-bond acceptors (Lipinski definition) is 3. The Kier molecular flexibility index (Phi) is 4.27. The van der Waals surface area contributed by atoms with Crippen LogP contribution in [0.15, 0.2) is 29.8 Å². The second-order valence-corrected chi connectivity index (χ2v) is 5.28. The Morgan fingerprint density at radius 2 is 2.11 bits per heavy atom. The van der Waals surface area contributed by atoms with Gasteiger partial charge in [0.05, 0.1) is 17.1 Å². The fourth-order valence-corrected chi connectivity index (χ4v) is 2.77. The van der Waals surface area contributed by atoms with Crippen molar-refractivity contribution in [2.75, 3.05) is 0 Å². The molecule has 100 valence electrons. The number of aryl methyl sites for hydroxylation is 2. The van der Waals surface area contributed by atoms with Crippen molar-refractivity contribution in [1.82, 2.24) is 4.98 Å². The van der Waals surface area contributed by atoms with E-state index in [-0.39, 0.29) is 5.82 Å². The zero-order chi connectivity index (χ0) is 13.8. The van der Waals surface area contributed by atoms with Gasteiger partial charge in [-0.1, -0.05) is 12.1 Å². The van der Waals surface area contributed by atoms with Crippen LogP contribution in [0, 0.1) is 12.7 Å². The van der Waals surface area contributed by atoms with Crippen LogP contribution in [0.5, 0.6) is 0 Å². The number of carbonyl (C=O) groups is 1. The number of aromatic nitrogens is 1. The third-order valence-corrected chi connectivity index (χ3v) is 4.07. The van der Waals surface area contributed by atoms with Crippen LogP contribution in [0.25, 0.3) is 0 Å². The molecule has 19 heavy (non-hydrogen) atoms. The lowest BCUT2D eigenvalue weighted by Crippen LogP contribution is -2.12. The molecule has 1 aromatic carbocycles. The van der Waals surface area contributed by atoms with E-state index in [4.69, 9.17) is 0 Å². The average molecular weight is 279 g/mol. The number of halogens is 1. The zero-order valence-electron chi connectivity index (χ0n) is 10.5. The zero-order valence-corrected chi connectivity index (χ0v) is 11.3. The highest BCUT2D eigenvalue weighted by molar-refractivity contribution is 7.09. The Bertz CT molecular complexity index is 565. The van der Waals surface area contributed by atoms with Gasteiger partial charge in [-0.15, -0.1) is 11.3 Å². The normalized spacial score (nSPS) is 12.3. The van der Waals surface area contributed by atoms with Gasteiger partial charge in [-0.3, -0.25) is 4.79 Å². The molecule has 0 fully saturated rings. The molecule has 0 bridgehead atoms. The number of hydrogen-bond donors (Lipinski definition) is 1. The fourth-order valence-electron chi connectivity index (χ4n) is 1.97. The predicted molar refractivity (Wildman–Crippen MR) is 71.9 cm³/mol. The van der Waals surface area contributed by atoms with Crippen molar-refractivity contribution in [1.29, 1.82) is 0 Å². The number of aliphatic carboxylic acids is 1. The second-order valence-electron chi connectivity index (χ2n) is 4.34. The van der Waals surface area contributed by atoms with Crippen molar-refractivity contribution in [2.24, 2.45) is 0 Å². The van der Waals surface area contributed by atoms with Crippen molar-refractivity contribution >= 4 is 17.3 Å². The standard InChI is InChI=1S/C14H14FNO2S/c1-9-13(19-8-16-9)7-6-12(14(17)18)10-2-4-11(15)5-3-10/h2-5,8,12H,6-7H2,1H3,(H,17,18). The van der Waals surface area contributed by atoms with Crippen molar-refractivity contribution in [2.45, 2.75) is 25.7 Å². The van der Waals surface area contributed by atoms with Crippen LogP contribution in [0.4, 0.5) is 4.39 Å². The Morgan fingerprint density at radius 1 is 1.42 bits per heavy atom. The van der Waals surface area contributed by atoms with E-state index in [0.717, 1.165) is 10.6 Å². The van der Waals surface area contributed by atoms with Crippen LogP contribution in [-0.2, 0) is 11.2 Å². The lowest BCUT2D eigenvalue weighted by Gasteiger charge is -2.12. The minimum Gasteiger partial charge on any atom is -0.481 e. The van der Waals surface area contributed by atoms with E-state index < -0.39 is 11.9 Å².